The molecule has 3 rings (SSSR count). The van der Waals surface area contributed by atoms with Crippen molar-refractivity contribution >= 4 is 17.7 Å². The predicted octanol–water partition coefficient (Wildman–Crippen LogP) is 3.21. The number of anilines is 1. The second-order valence-electron chi connectivity index (χ2n) is 6.85. The lowest BCUT2D eigenvalue weighted by atomic mass is 9.94. The molecular formula is C22H20F2N2O4. The first kappa shape index (κ1) is 21.3. The number of halogens is 2. The Labute approximate surface area is 172 Å². The summed E-state index contributed by atoms with van der Waals surface area (Å²) in [6.07, 6.45) is 0.254. The Morgan fingerprint density at radius 2 is 1.80 bits per heavy atom. The highest BCUT2D eigenvalue weighted by atomic mass is 19.1. The fraction of sp³-hybridized carbons (Fsp3) is 0.273. The van der Waals surface area contributed by atoms with Gasteiger partial charge >= 0.3 is 12.0 Å². The SMILES string of the molecule is COC(=O)CC1(NC(=O)Nc2c(F)cc(C#Cc3ccccc3)cc2F)CCOC1. The third-order valence-electron chi connectivity index (χ3n) is 4.60. The summed E-state index contributed by atoms with van der Waals surface area (Å²) in [7, 11) is 1.24. The number of hydrogen-bond donors (Lipinski definition) is 2. The summed E-state index contributed by atoms with van der Waals surface area (Å²) in [5.74, 6) is 3.04. The summed E-state index contributed by atoms with van der Waals surface area (Å²) in [6, 6.07) is 10.2. The molecule has 30 heavy (non-hydrogen) atoms. The molecule has 2 N–H and O–H groups in total. The van der Waals surface area contributed by atoms with Crippen molar-refractivity contribution in [1.82, 2.24) is 5.32 Å². The molecular weight excluding hydrogens is 394 g/mol. The lowest BCUT2D eigenvalue weighted by molar-refractivity contribution is -0.142. The van der Waals surface area contributed by atoms with Crippen molar-refractivity contribution in [2.75, 3.05) is 25.6 Å². The number of esters is 1. The van der Waals surface area contributed by atoms with Crippen LogP contribution in [-0.4, -0.2) is 37.9 Å². The zero-order chi connectivity index (χ0) is 21.6. The first-order valence-corrected chi connectivity index (χ1v) is 9.21. The third-order valence-corrected chi connectivity index (χ3v) is 4.60. The van der Waals surface area contributed by atoms with Gasteiger partial charge in [-0.3, -0.25) is 4.79 Å². The van der Waals surface area contributed by atoms with E-state index in [-0.39, 0.29) is 18.6 Å². The van der Waals surface area contributed by atoms with Gasteiger partial charge in [-0.25, -0.2) is 13.6 Å². The van der Waals surface area contributed by atoms with Crippen molar-refractivity contribution < 1.29 is 27.8 Å². The van der Waals surface area contributed by atoms with Crippen LogP contribution in [0.15, 0.2) is 42.5 Å². The van der Waals surface area contributed by atoms with Crippen molar-refractivity contribution in [3.05, 3.63) is 65.2 Å². The van der Waals surface area contributed by atoms with E-state index in [0.29, 0.717) is 18.6 Å². The van der Waals surface area contributed by atoms with Gasteiger partial charge in [0, 0.05) is 17.7 Å². The van der Waals surface area contributed by atoms with Crippen molar-refractivity contribution in [3.63, 3.8) is 0 Å². The number of amides is 2. The Morgan fingerprint density at radius 1 is 1.13 bits per heavy atom. The molecule has 6 nitrogen and oxygen atoms in total. The van der Waals surface area contributed by atoms with Gasteiger partial charge in [0.15, 0.2) is 11.6 Å². The molecule has 0 radical (unpaired) electrons. The van der Waals surface area contributed by atoms with Gasteiger partial charge in [-0.1, -0.05) is 30.0 Å². The number of methoxy groups -OCH3 is 1. The molecule has 1 heterocycles. The lowest BCUT2D eigenvalue weighted by Gasteiger charge is -2.27. The molecule has 0 bridgehead atoms. The molecule has 2 amide bonds. The van der Waals surface area contributed by atoms with Crippen LogP contribution < -0.4 is 10.6 Å². The zero-order valence-corrected chi connectivity index (χ0v) is 16.3. The van der Waals surface area contributed by atoms with Gasteiger partial charge < -0.3 is 20.1 Å². The quantitative estimate of drug-likeness (QED) is 0.595. The normalized spacial score (nSPS) is 17.6. The average Bonchev–Trinajstić information content (AvgIpc) is 3.17. The molecule has 8 heteroatoms. The largest absolute Gasteiger partial charge is 0.469 e. The number of benzene rings is 2. The second kappa shape index (κ2) is 9.37. The monoisotopic (exact) mass is 414 g/mol. The standard InChI is InChI=1S/C22H20F2N2O4/c1-29-19(27)13-22(9-10-30-14-22)26-21(28)25-20-17(23)11-16(12-18(20)24)8-7-15-5-3-2-4-6-15/h2-6,11-12H,9-10,13-14H2,1H3,(H2,25,26,28). The van der Waals surface area contributed by atoms with Crippen LogP contribution in [0.2, 0.25) is 0 Å². The molecule has 2 aromatic carbocycles. The van der Waals surface area contributed by atoms with Crippen LogP contribution in [-0.2, 0) is 14.3 Å². The summed E-state index contributed by atoms with van der Waals surface area (Å²) >= 11 is 0. The number of carbonyl (C=O) groups is 2. The van der Waals surface area contributed by atoms with E-state index in [9.17, 15) is 18.4 Å². The predicted molar refractivity (Wildman–Crippen MR) is 106 cm³/mol. The van der Waals surface area contributed by atoms with Gasteiger partial charge in [-0.2, -0.15) is 0 Å². The molecule has 0 spiro atoms. The zero-order valence-electron chi connectivity index (χ0n) is 16.3. The van der Waals surface area contributed by atoms with Crippen molar-refractivity contribution in [2.24, 2.45) is 0 Å². The van der Waals surface area contributed by atoms with E-state index in [1.807, 2.05) is 6.07 Å². The van der Waals surface area contributed by atoms with E-state index in [1.54, 1.807) is 24.3 Å². The van der Waals surface area contributed by atoms with Crippen molar-refractivity contribution in [3.8, 4) is 11.8 Å². The molecule has 1 unspecified atom stereocenters. The Kier molecular flexibility index (Phi) is 6.65. The van der Waals surface area contributed by atoms with E-state index in [1.165, 1.54) is 7.11 Å². The first-order valence-electron chi connectivity index (χ1n) is 9.21. The molecule has 1 atom stereocenters. The molecule has 156 valence electrons. The number of ether oxygens (including phenoxy) is 2. The van der Waals surface area contributed by atoms with E-state index >= 15 is 0 Å². The molecule has 1 aliphatic rings. The molecule has 0 aromatic heterocycles. The number of hydrogen-bond acceptors (Lipinski definition) is 4. The number of carbonyl (C=O) groups excluding carboxylic acids is 2. The summed E-state index contributed by atoms with van der Waals surface area (Å²) in [5.41, 5.74) is -0.767. The Balaban J connectivity index is 1.72. The van der Waals surface area contributed by atoms with Crippen LogP contribution in [0.5, 0.6) is 0 Å². The minimum Gasteiger partial charge on any atom is -0.469 e. The van der Waals surface area contributed by atoms with E-state index < -0.39 is 34.9 Å². The molecule has 0 aliphatic carbocycles. The highest BCUT2D eigenvalue weighted by Crippen LogP contribution is 2.25. The van der Waals surface area contributed by atoms with Gasteiger partial charge in [0.1, 0.15) is 5.69 Å². The van der Waals surface area contributed by atoms with Crippen LogP contribution in [0.4, 0.5) is 19.3 Å². The molecule has 2 aromatic rings. The van der Waals surface area contributed by atoms with Crippen LogP contribution in [0, 0.1) is 23.5 Å². The van der Waals surface area contributed by atoms with Crippen LogP contribution >= 0.6 is 0 Å². The highest BCUT2D eigenvalue weighted by molar-refractivity contribution is 5.90. The number of rotatable bonds is 4. The number of urea groups is 1. The maximum absolute atomic E-state index is 14.4. The maximum atomic E-state index is 14.4. The van der Waals surface area contributed by atoms with Crippen molar-refractivity contribution in [1.29, 1.82) is 0 Å². The second-order valence-corrected chi connectivity index (χ2v) is 6.85. The summed E-state index contributed by atoms with van der Waals surface area (Å²) < 4.78 is 38.8. The molecule has 0 saturated carbocycles. The third kappa shape index (κ3) is 5.33. The highest BCUT2D eigenvalue weighted by Gasteiger charge is 2.39. The molecule has 1 saturated heterocycles. The average molecular weight is 414 g/mol. The topological polar surface area (TPSA) is 76.7 Å². The van der Waals surface area contributed by atoms with Crippen LogP contribution in [0.3, 0.4) is 0 Å². The fourth-order valence-corrected chi connectivity index (χ4v) is 3.05. The Bertz CT molecular complexity index is 970. The van der Waals surface area contributed by atoms with E-state index in [0.717, 1.165) is 12.1 Å². The van der Waals surface area contributed by atoms with Gasteiger partial charge in [0.05, 0.1) is 25.7 Å². The Morgan fingerprint density at radius 3 is 2.40 bits per heavy atom. The van der Waals surface area contributed by atoms with Crippen molar-refractivity contribution in [2.45, 2.75) is 18.4 Å². The molecule has 1 aliphatic heterocycles. The van der Waals surface area contributed by atoms with Crippen LogP contribution in [0.1, 0.15) is 24.0 Å². The van der Waals surface area contributed by atoms with E-state index in [4.69, 9.17) is 4.74 Å². The Hall–Kier alpha value is -3.44. The summed E-state index contributed by atoms with van der Waals surface area (Å²) in [4.78, 5) is 24.0. The molecule has 1 fully saturated rings. The first-order chi connectivity index (χ1) is 14.4. The maximum Gasteiger partial charge on any atom is 0.319 e. The summed E-state index contributed by atoms with van der Waals surface area (Å²) in [6.45, 7) is 0.434. The lowest BCUT2D eigenvalue weighted by Crippen LogP contribution is -2.52. The van der Waals surface area contributed by atoms with Gasteiger partial charge in [0.25, 0.3) is 0 Å². The summed E-state index contributed by atoms with van der Waals surface area (Å²) in [5, 5.41) is 4.75. The smallest absolute Gasteiger partial charge is 0.319 e. The van der Waals surface area contributed by atoms with E-state index in [2.05, 4.69) is 27.2 Å². The minimum absolute atomic E-state index is 0.0918. The van der Waals surface area contributed by atoms with Gasteiger partial charge in [-0.05, 0) is 30.7 Å². The fourth-order valence-electron chi connectivity index (χ4n) is 3.05. The van der Waals surface area contributed by atoms with Crippen LogP contribution in [0.25, 0.3) is 0 Å². The number of nitrogens with one attached hydrogen (secondary N) is 2. The van der Waals surface area contributed by atoms with Gasteiger partial charge in [0.2, 0.25) is 0 Å². The van der Waals surface area contributed by atoms with Gasteiger partial charge in [-0.15, -0.1) is 0 Å². The minimum atomic E-state index is -0.995.